The van der Waals surface area contributed by atoms with E-state index in [4.69, 9.17) is 11.6 Å². The molecule has 1 aromatic rings. The van der Waals surface area contributed by atoms with Crippen molar-refractivity contribution in [2.75, 3.05) is 0 Å². The zero-order valence-corrected chi connectivity index (χ0v) is 8.36. The van der Waals surface area contributed by atoms with Crippen LogP contribution in [-0.2, 0) is 0 Å². The molecule has 4 heteroatoms. The van der Waals surface area contributed by atoms with Gasteiger partial charge in [0, 0.05) is 0 Å². The maximum absolute atomic E-state index is 12.0. The average molecular weight is 223 g/mol. The first-order chi connectivity index (χ1) is 6.38. The first-order valence-electron chi connectivity index (χ1n) is 4.16. The molecule has 0 saturated heterocycles. The van der Waals surface area contributed by atoms with Crippen LogP contribution in [0.25, 0.3) is 0 Å². The molecule has 0 amide bonds. The minimum Gasteiger partial charge on any atom is -0.171 e. The third-order valence-corrected chi connectivity index (χ3v) is 2.26. The fourth-order valence-corrected chi connectivity index (χ4v) is 1.42. The molecule has 0 bridgehead atoms. The van der Waals surface area contributed by atoms with E-state index in [9.17, 15) is 13.2 Å². The molecule has 1 rings (SSSR count). The van der Waals surface area contributed by atoms with Gasteiger partial charge in [0.05, 0.1) is 11.8 Å². The highest BCUT2D eigenvalue weighted by atomic mass is 35.5. The summed E-state index contributed by atoms with van der Waals surface area (Å²) in [5.74, 6) is 0. The van der Waals surface area contributed by atoms with E-state index in [0.29, 0.717) is 5.56 Å². The van der Waals surface area contributed by atoms with Gasteiger partial charge in [-0.3, -0.25) is 0 Å². The Labute approximate surface area is 85.7 Å². The van der Waals surface area contributed by atoms with Crippen LogP contribution in [0.2, 0.25) is 0 Å². The number of halogens is 4. The van der Waals surface area contributed by atoms with Crippen LogP contribution in [0.5, 0.6) is 0 Å². The summed E-state index contributed by atoms with van der Waals surface area (Å²) in [5.41, 5.74) is 1.51. The lowest BCUT2D eigenvalue weighted by Gasteiger charge is -2.12. The summed E-state index contributed by atoms with van der Waals surface area (Å²) in [6.07, 6.45) is -5.20. The Morgan fingerprint density at radius 2 is 1.71 bits per heavy atom. The highest BCUT2D eigenvalue weighted by Crippen LogP contribution is 2.33. The highest BCUT2D eigenvalue weighted by Gasteiger charge is 2.31. The molecule has 1 aromatic carbocycles. The average Bonchev–Trinajstić information content (AvgIpc) is 2.02. The number of aryl methyl sites for hydroxylation is 1. The van der Waals surface area contributed by atoms with E-state index in [0.717, 1.165) is 5.56 Å². The second-order valence-electron chi connectivity index (χ2n) is 3.20. The quantitative estimate of drug-likeness (QED) is 0.657. The van der Waals surface area contributed by atoms with Crippen molar-refractivity contribution in [1.82, 2.24) is 0 Å². The summed E-state index contributed by atoms with van der Waals surface area (Å²) in [5, 5.41) is -0.990. The zero-order chi connectivity index (χ0) is 10.8. The predicted octanol–water partition coefficient (Wildman–Crippen LogP) is 4.23. The van der Waals surface area contributed by atoms with Crippen molar-refractivity contribution < 1.29 is 13.2 Å². The molecule has 1 atom stereocenters. The summed E-state index contributed by atoms with van der Waals surface area (Å²) in [6.45, 7) is 1.87. The Hall–Kier alpha value is -0.700. The SMILES string of the molecule is Cc1ccc(C(Cl)CC(F)(F)F)cc1. The molecule has 0 aliphatic carbocycles. The molecule has 0 aromatic heterocycles. The van der Waals surface area contributed by atoms with Gasteiger partial charge in [-0.15, -0.1) is 11.6 Å². The van der Waals surface area contributed by atoms with E-state index in [1.54, 1.807) is 24.3 Å². The fourth-order valence-electron chi connectivity index (χ4n) is 1.10. The number of hydrogen-bond donors (Lipinski definition) is 0. The van der Waals surface area contributed by atoms with Crippen LogP contribution in [0.3, 0.4) is 0 Å². The van der Waals surface area contributed by atoms with Crippen LogP contribution >= 0.6 is 11.6 Å². The summed E-state index contributed by atoms with van der Waals surface area (Å²) < 4.78 is 36.0. The minimum absolute atomic E-state index is 0.509. The van der Waals surface area contributed by atoms with Gasteiger partial charge in [0.1, 0.15) is 0 Å². The molecule has 0 radical (unpaired) electrons. The molecule has 14 heavy (non-hydrogen) atoms. The number of benzene rings is 1. The molecule has 0 aliphatic heterocycles. The Kier molecular flexibility index (Phi) is 3.43. The highest BCUT2D eigenvalue weighted by molar-refractivity contribution is 6.20. The molecule has 0 fully saturated rings. The summed E-state index contributed by atoms with van der Waals surface area (Å²) in [6, 6.07) is 6.75. The Balaban J connectivity index is 2.70. The number of hydrogen-bond acceptors (Lipinski definition) is 0. The van der Waals surface area contributed by atoms with Crippen LogP contribution in [0.1, 0.15) is 22.9 Å². The second-order valence-corrected chi connectivity index (χ2v) is 3.72. The van der Waals surface area contributed by atoms with Gasteiger partial charge >= 0.3 is 6.18 Å². The Morgan fingerprint density at radius 3 is 2.14 bits per heavy atom. The van der Waals surface area contributed by atoms with E-state index < -0.39 is 18.0 Å². The Bertz CT molecular complexity index is 289. The van der Waals surface area contributed by atoms with Gasteiger partial charge in [-0.1, -0.05) is 29.8 Å². The van der Waals surface area contributed by atoms with E-state index in [-0.39, 0.29) is 0 Å². The lowest BCUT2D eigenvalue weighted by Crippen LogP contribution is -2.10. The van der Waals surface area contributed by atoms with Gasteiger partial charge in [0.2, 0.25) is 0 Å². The maximum Gasteiger partial charge on any atom is 0.390 e. The lowest BCUT2D eigenvalue weighted by molar-refractivity contribution is -0.134. The smallest absolute Gasteiger partial charge is 0.171 e. The first-order valence-corrected chi connectivity index (χ1v) is 4.59. The van der Waals surface area contributed by atoms with Gasteiger partial charge in [-0.2, -0.15) is 13.2 Å². The molecule has 0 heterocycles. The number of rotatable bonds is 2. The van der Waals surface area contributed by atoms with Crippen molar-refractivity contribution in [2.24, 2.45) is 0 Å². The first kappa shape index (κ1) is 11.4. The predicted molar refractivity (Wildman–Crippen MR) is 50.4 cm³/mol. The summed E-state index contributed by atoms with van der Waals surface area (Å²) >= 11 is 5.62. The molecule has 0 aliphatic rings. The molecule has 0 N–H and O–H groups in total. The van der Waals surface area contributed by atoms with Crippen molar-refractivity contribution in [3.8, 4) is 0 Å². The molecule has 78 valence electrons. The third-order valence-electron chi connectivity index (χ3n) is 1.85. The van der Waals surface area contributed by atoms with Gasteiger partial charge in [-0.05, 0) is 12.5 Å². The molecule has 0 nitrogen and oxygen atoms in total. The standard InChI is InChI=1S/C10H10ClF3/c1-7-2-4-8(5-3-7)9(11)6-10(12,13)14/h2-5,9H,6H2,1H3. The van der Waals surface area contributed by atoms with Crippen molar-refractivity contribution in [2.45, 2.75) is 24.9 Å². The minimum atomic E-state index is -4.21. The Morgan fingerprint density at radius 1 is 1.21 bits per heavy atom. The molecule has 1 unspecified atom stereocenters. The fraction of sp³-hybridized carbons (Fsp3) is 0.400. The third kappa shape index (κ3) is 3.58. The van der Waals surface area contributed by atoms with E-state index in [1.165, 1.54) is 0 Å². The van der Waals surface area contributed by atoms with Gasteiger partial charge in [-0.25, -0.2) is 0 Å². The van der Waals surface area contributed by atoms with Crippen molar-refractivity contribution in [1.29, 1.82) is 0 Å². The molecule has 0 spiro atoms. The second kappa shape index (κ2) is 4.22. The topological polar surface area (TPSA) is 0 Å². The van der Waals surface area contributed by atoms with Crippen molar-refractivity contribution >= 4 is 11.6 Å². The monoisotopic (exact) mass is 222 g/mol. The van der Waals surface area contributed by atoms with Crippen molar-refractivity contribution in [3.05, 3.63) is 35.4 Å². The van der Waals surface area contributed by atoms with E-state index in [2.05, 4.69) is 0 Å². The van der Waals surface area contributed by atoms with Crippen LogP contribution < -0.4 is 0 Å². The maximum atomic E-state index is 12.0. The van der Waals surface area contributed by atoms with Crippen LogP contribution in [0, 0.1) is 6.92 Å². The zero-order valence-electron chi connectivity index (χ0n) is 7.61. The van der Waals surface area contributed by atoms with Crippen LogP contribution in [-0.4, -0.2) is 6.18 Å². The summed E-state index contributed by atoms with van der Waals surface area (Å²) in [4.78, 5) is 0. The normalized spacial score (nSPS) is 14.1. The largest absolute Gasteiger partial charge is 0.390 e. The number of alkyl halides is 4. The van der Waals surface area contributed by atoms with Crippen molar-refractivity contribution in [3.63, 3.8) is 0 Å². The molecular weight excluding hydrogens is 213 g/mol. The van der Waals surface area contributed by atoms with E-state index in [1.807, 2.05) is 6.92 Å². The van der Waals surface area contributed by atoms with E-state index >= 15 is 0 Å². The molecular formula is C10H10ClF3. The summed E-state index contributed by atoms with van der Waals surface area (Å²) in [7, 11) is 0. The van der Waals surface area contributed by atoms with Gasteiger partial charge in [0.15, 0.2) is 0 Å². The molecule has 0 saturated carbocycles. The van der Waals surface area contributed by atoms with Crippen LogP contribution in [0.4, 0.5) is 13.2 Å². The van der Waals surface area contributed by atoms with Gasteiger partial charge in [0.25, 0.3) is 0 Å². The van der Waals surface area contributed by atoms with Gasteiger partial charge < -0.3 is 0 Å². The van der Waals surface area contributed by atoms with Crippen LogP contribution in [0.15, 0.2) is 24.3 Å². The lowest BCUT2D eigenvalue weighted by atomic mass is 10.1.